The van der Waals surface area contributed by atoms with Crippen molar-refractivity contribution >= 4 is 38.8 Å². The first-order valence-corrected chi connectivity index (χ1v) is 6.41. The van der Waals surface area contributed by atoms with E-state index < -0.39 is 0 Å². The van der Waals surface area contributed by atoms with E-state index in [4.69, 9.17) is 22.1 Å². The first-order valence-electron chi connectivity index (χ1n) is 5.15. The van der Waals surface area contributed by atoms with Crippen LogP contribution in [-0.4, -0.2) is 9.97 Å². The molecule has 18 heavy (non-hydrogen) atoms. The Hall–Kier alpha value is -1.85. The molecule has 6 heteroatoms. The largest absolute Gasteiger partial charge is 0.435 e. The van der Waals surface area contributed by atoms with Crippen LogP contribution in [0.1, 0.15) is 0 Å². The number of ether oxygens (including phenoxy) is 1. The molecular weight excluding hydrogens is 270 g/mol. The lowest BCUT2D eigenvalue weighted by Crippen LogP contribution is -1.94. The van der Waals surface area contributed by atoms with Crippen molar-refractivity contribution in [2.75, 3.05) is 5.73 Å². The summed E-state index contributed by atoms with van der Waals surface area (Å²) in [5, 5.41) is 2.51. The van der Waals surface area contributed by atoms with E-state index in [1.54, 1.807) is 18.2 Å². The van der Waals surface area contributed by atoms with Gasteiger partial charge in [-0.05, 0) is 29.6 Å². The fourth-order valence-electron chi connectivity index (χ4n) is 1.56. The van der Waals surface area contributed by atoms with E-state index in [0.29, 0.717) is 22.3 Å². The number of nitrogens with zero attached hydrogens (tertiary/aromatic N) is 2. The predicted octanol–water partition coefficient (Wildman–Crippen LogP) is 3.72. The van der Waals surface area contributed by atoms with Crippen LogP contribution >= 0.6 is 22.9 Å². The number of benzene rings is 1. The van der Waals surface area contributed by atoms with Crippen LogP contribution in [0, 0.1) is 0 Å². The minimum absolute atomic E-state index is 0.478. The Labute approximate surface area is 112 Å². The van der Waals surface area contributed by atoms with Gasteiger partial charge >= 0.3 is 0 Å². The monoisotopic (exact) mass is 277 g/mol. The van der Waals surface area contributed by atoms with Crippen molar-refractivity contribution in [3.05, 3.63) is 41.0 Å². The van der Waals surface area contributed by atoms with Gasteiger partial charge in [-0.2, -0.15) is 0 Å². The van der Waals surface area contributed by atoms with Crippen LogP contribution in [0.15, 0.2) is 36.0 Å². The smallest absolute Gasteiger partial charge is 0.240 e. The molecule has 0 radical (unpaired) electrons. The number of anilines is 1. The fourth-order valence-corrected chi connectivity index (χ4v) is 2.51. The summed E-state index contributed by atoms with van der Waals surface area (Å²) < 4.78 is 6.61. The van der Waals surface area contributed by atoms with Gasteiger partial charge in [0.1, 0.15) is 11.0 Å². The molecule has 0 saturated heterocycles. The highest BCUT2D eigenvalue weighted by molar-refractivity contribution is 7.17. The molecule has 0 aliphatic carbocycles. The number of nitrogen functional groups attached to an aromatic ring is 1. The van der Waals surface area contributed by atoms with Crippen molar-refractivity contribution in [2.24, 2.45) is 0 Å². The zero-order chi connectivity index (χ0) is 12.5. The Morgan fingerprint density at radius 2 is 2.11 bits per heavy atom. The molecule has 0 bridgehead atoms. The molecule has 0 spiro atoms. The minimum atomic E-state index is 0.478. The molecule has 4 nitrogen and oxygen atoms in total. The van der Waals surface area contributed by atoms with Crippen LogP contribution in [0.5, 0.6) is 11.6 Å². The molecular formula is C12H8ClN3OS. The summed E-state index contributed by atoms with van der Waals surface area (Å²) in [6.45, 7) is 0. The van der Waals surface area contributed by atoms with Gasteiger partial charge in [-0.1, -0.05) is 11.6 Å². The number of hydrogen-bond acceptors (Lipinski definition) is 5. The molecule has 0 unspecified atom stereocenters. The van der Waals surface area contributed by atoms with Gasteiger partial charge in [0.25, 0.3) is 0 Å². The third-order valence-electron chi connectivity index (χ3n) is 2.39. The number of nitrogens with two attached hydrogens (primary N) is 1. The Bertz CT molecular complexity index is 713. The van der Waals surface area contributed by atoms with Crippen molar-refractivity contribution in [1.29, 1.82) is 0 Å². The second-order valence-electron chi connectivity index (χ2n) is 3.60. The lowest BCUT2D eigenvalue weighted by molar-refractivity contribution is 0.471. The first kappa shape index (κ1) is 11.3. The Balaban J connectivity index is 2.03. The van der Waals surface area contributed by atoms with Crippen LogP contribution in [0.2, 0.25) is 5.02 Å². The van der Waals surface area contributed by atoms with Crippen molar-refractivity contribution in [3.63, 3.8) is 0 Å². The molecule has 0 saturated carbocycles. The maximum absolute atomic E-state index is 5.84. The first-order chi connectivity index (χ1) is 8.74. The van der Waals surface area contributed by atoms with Crippen LogP contribution in [-0.2, 0) is 0 Å². The molecule has 0 aliphatic rings. The number of hydrogen-bond donors (Lipinski definition) is 1. The van der Waals surface area contributed by atoms with Crippen molar-refractivity contribution in [2.45, 2.75) is 0 Å². The Morgan fingerprint density at radius 1 is 1.22 bits per heavy atom. The van der Waals surface area contributed by atoms with Gasteiger partial charge in [0.05, 0.1) is 11.2 Å². The number of thiophene rings is 1. The van der Waals surface area contributed by atoms with Crippen LogP contribution in [0.25, 0.3) is 10.2 Å². The van der Waals surface area contributed by atoms with Crippen molar-refractivity contribution in [1.82, 2.24) is 9.97 Å². The summed E-state index contributed by atoms with van der Waals surface area (Å²) in [6, 6.07) is 7.00. The molecule has 2 heterocycles. The maximum Gasteiger partial charge on any atom is 0.240 e. The van der Waals surface area contributed by atoms with Crippen LogP contribution < -0.4 is 10.5 Å². The molecule has 0 aliphatic heterocycles. The maximum atomic E-state index is 5.84. The molecule has 3 aromatic rings. The van der Waals surface area contributed by atoms with E-state index in [0.717, 1.165) is 10.2 Å². The van der Waals surface area contributed by atoms with Gasteiger partial charge in [-0.15, -0.1) is 11.3 Å². The average Bonchev–Trinajstić information content (AvgIpc) is 2.82. The average molecular weight is 278 g/mol. The summed E-state index contributed by atoms with van der Waals surface area (Å²) in [5.74, 6) is 1.04. The van der Waals surface area contributed by atoms with E-state index in [9.17, 15) is 0 Å². The molecule has 3 rings (SSSR count). The van der Waals surface area contributed by atoms with Crippen LogP contribution in [0.4, 0.5) is 5.69 Å². The molecule has 0 fully saturated rings. The van der Waals surface area contributed by atoms with E-state index in [1.807, 2.05) is 11.4 Å². The normalized spacial score (nSPS) is 10.7. The Kier molecular flexibility index (Phi) is 2.77. The molecule has 0 amide bonds. The molecule has 2 aromatic heterocycles. The highest BCUT2D eigenvalue weighted by Crippen LogP contribution is 2.33. The predicted molar refractivity (Wildman–Crippen MR) is 73.4 cm³/mol. The summed E-state index contributed by atoms with van der Waals surface area (Å²) in [6.07, 6.45) is 1.47. The number of halogens is 1. The van der Waals surface area contributed by atoms with Gasteiger partial charge < -0.3 is 10.5 Å². The number of aromatic nitrogens is 2. The standard InChI is InChI=1S/C12H8ClN3OS/c13-7-1-2-10(8(14)5-7)17-12-11-9(3-4-18-11)15-6-16-12/h1-6H,14H2. The van der Waals surface area contributed by atoms with E-state index in [-0.39, 0.29) is 0 Å². The lowest BCUT2D eigenvalue weighted by atomic mass is 10.3. The zero-order valence-electron chi connectivity index (χ0n) is 9.13. The number of rotatable bonds is 2. The van der Waals surface area contributed by atoms with Crippen molar-refractivity contribution in [3.8, 4) is 11.6 Å². The summed E-state index contributed by atoms with van der Waals surface area (Å²) >= 11 is 7.36. The zero-order valence-corrected chi connectivity index (χ0v) is 10.7. The quantitative estimate of drug-likeness (QED) is 0.725. The van der Waals surface area contributed by atoms with E-state index >= 15 is 0 Å². The van der Waals surface area contributed by atoms with Crippen LogP contribution in [0.3, 0.4) is 0 Å². The second-order valence-corrected chi connectivity index (χ2v) is 4.95. The fraction of sp³-hybridized carbons (Fsp3) is 0. The topological polar surface area (TPSA) is 61.0 Å². The SMILES string of the molecule is Nc1cc(Cl)ccc1Oc1ncnc2ccsc12. The highest BCUT2D eigenvalue weighted by Gasteiger charge is 2.09. The lowest BCUT2D eigenvalue weighted by Gasteiger charge is -2.07. The molecule has 90 valence electrons. The minimum Gasteiger partial charge on any atom is -0.435 e. The second kappa shape index (κ2) is 4.44. The van der Waals surface area contributed by atoms with Crippen molar-refractivity contribution < 1.29 is 4.74 Å². The van der Waals surface area contributed by atoms with E-state index in [2.05, 4.69) is 9.97 Å². The summed E-state index contributed by atoms with van der Waals surface area (Å²) in [4.78, 5) is 8.27. The molecule has 2 N–H and O–H groups in total. The van der Waals surface area contributed by atoms with Gasteiger partial charge in [0, 0.05) is 5.02 Å². The number of fused-ring (bicyclic) bond motifs is 1. The Morgan fingerprint density at radius 3 is 2.94 bits per heavy atom. The highest BCUT2D eigenvalue weighted by atomic mass is 35.5. The van der Waals surface area contributed by atoms with Gasteiger partial charge in [-0.25, -0.2) is 9.97 Å². The summed E-state index contributed by atoms with van der Waals surface area (Å²) in [5.41, 5.74) is 7.18. The third kappa shape index (κ3) is 1.98. The van der Waals surface area contributed by atoms with Gasteiger partial charge in [0.2, 0.25) is 5.88 Å². The van der Waals surface area contributed by atoms with E-state index in [1.165, 1.54) is 17.7 Å². The molecule has 1 aromatic carbocycles. The van der Waals surface area contributed by atoms with Gasteiger partial charge in [0.15, 0.2) is 5.75 Å². The van der Waals surface area contributed by atoms with Gasteiger partial charge in [-0.3, -0.25) is 0 Å². The molecule has 0 atom stereocenters. The third-order valence-corrected chi connectivity index (χ3v) is 3.52. The summed E-state index contributed by atoms with van der Waals surface area (Å²) in [7, 11) is 0.